The van der Waals surface area contributed by atoms with E-state index in [1.54, 1.807) is 24.3 Å². The Labute approximate surface area is 167 Å². The summed E-state index contributed by atoms with van der Waals surface area (Å²) in [7, 11) is -4.25. The number of rotatable bonds is 5. The zero-order valence-corrected chi connectivity index (χ0v) is 16.6. The topological polar surface area (TPSA) is 83.6 Å². The van der Waals surface area contributed by atoms with Crippen molar-refractivity contribution in [2.75, 3.05) is 6.54 Å². The number of nitrogens with one attached hydrogen (secondary N) is 1. The summed E-state index contributed by atoms with van der Waals surface area (Å²) >= 11 is 6.08. The van der Waals surface area contributed by atoms with E-state index in [2.05, 4.69) is 0 Å². The Balaban J connectivity index is 1.74. The van der Waals surface area contributed by atoms with Gasteiger partial charge in [0.1, 0.15) is 11.4 Å². The van der Waals surface area contributed by atoms with E-state index in [1.807, 2.05) is 4.72 Å². The molecule has 1 aliphatic heterocycles. The van der Waals surface area contributed by atoms with Crippen molar-refractivity contribution < 1.29 is 22.4 Å². The summed E-state index contributed by atoms with van der Waals surface area (Å²) in [4.78, 5) is 26.2. The van der Waals surface area contributed by atoms with Crippen LogP contribution in [0, 0.1) is 5.82 Å². The van der Waals surface area contributed by atoms with E-state index >= 15 is 0 Å². The van der Waals surface area contributed by atoms with Gasteiger partial charge in [-0.3, -0.25) is 9.59 Å². The first-order valence-electron chi connectivity index (χ1n) is 8.50. The van der Waals surface area contributed by atoms with E-state index in [9.17, 15) is 22.4 Å². The van der Waals surface area contributed by atoms with Gasteiger partial charge in [0.2, 0.25) is 5.91 Å². The molecule has 1 aliphatic rings. The minimum atomic E-state index is -4.25. The van der Waals surface area contributed by atoms with Gasteiger partial charge in [-0.15, -0.1) is 0 Å². The molecule has 6 nitrogen and oxygen atoms in total. The number of amides is 2. The van der Waals surface area contributed by atoms with Crippen LogP contribution in [0.3, 0.4) is 0 Å². The molecule has 28 heavy (non-hydrogen) atoms. The molecule has 2 amide bonds. The number of carbonyl (C=O) groups excluding carboxylic acids is 2. The zero-order chi connectivity index (χ0) is 20.5. The maximum absolute atomic E-state index is 13.3. The van der Waals surface area contributed by atoms with Gasteiger partial charge in [-0.25, -0.2) is 17.5 Å². The molecule has 1 N–H and O–H groups in total. The van der Waals surface area contributed by atoms with E-state index in [-0.39, 0.29) is 17.2 Å². The molecule has 2 aromatic rings. The van der Waals surface area contributed by atoms with E-state index in [0.717, 1.165) is 12.1 Å². The molecule has 9 heteroatoms. The summed E-state index contributed by atoms with van der Waals surface area (Å²) < 4.78 is 40.0. The normalized spacial score (nSPS) is 19.0. The van der Waals surface area contributed by atoms with Crippen LogP contribution in [0.2, 0.25) is 5.02 Å². The Hall–Kier alpha value is -2.45. The lowest BCUT2D eigenvalue weighted by molar-refractivity contribution is -0.156. The van der Waals surface area contributed by atoms with Gasteiger partial charge in [-0.05, 0) is 43.2 Å². The molecule has 0 saturated carbocycles. The standard InChI is InChI=1S/C19H18ClFN2O4S/c1-19(18(25)22-28(26,27)15-7-4-6-14(21)12-15)9-10-23(19)17(24)11-13-5-2-3-8-16(13)20/h2-8,12H,9-11H2,1H3,(H,22,25). The number of hydrogen-bond acceptors (Lipinski definition) is 4. The number of benzene rings is 2. The van der Waals surface area contributed by atoms with Crippen LogP contribution in [0.25, 0.3) is 0 Å². The van der Waals surface area contributed by atoms with Crippen molar-refractivity contribution in [1.82, 2.24) is 9.62 Å². The third-order valence-corrected chi connectivity index (χ3v) is 6.54. The van der Waals surface area contributed by atoms with Crippen molar-refractivity contribution in [3.63, 3.8) is 0 Å². The summed E-state index contributed by atoms with van der Waals surface area (Å²) in [5, 5.41) is 0.441. The van der Waals surface area contributed by atoms with Crippen LogP contribution in [0.1, 0.15) is 18.9 Å². The SMILES string of the molecule is CC1(C(=O)NS(=O)(=O)c2cccc(F)c2)CCN1C(=O)Cc1ccccc1Cl. The van der Waals surface area contributed by atoms with Crippen molar-refractivity contribution in [1.29, 1.82) is 0 Å². The van der Waals surface area contributed by atoms with Crippen molar-refractivity contribution in [2.24, 2.45) is 0 Å². The number of carbonyl (C=O) groups is 2. The molecule has 0 spiro atoms. The van der Waals surface area contributed by atoms with Gasteiger partial charge >= 0.3 is 0 Å². The van der Waals surface area contributed by atoms with Crippen LogP contribution in [0.4, 0.5) is 4.39 Å². The Morgan fingerprint density at radius 3 is 2.54 bits per heavy atom. The molecule has 2 aromatic carbocycles. The predicted molar refractivity (Wildman–Crippen MR) is 102 cm³/mol. The Morgan fingerprint density at radius 1 is 1.21 bits per heavy atom. The first-order chi connectivity index (χ1) is 13.1. The van der Waals surface area contributed by atoms with Crippen LogP contribution in [0.5, 0.6) is 0 Å². The van der Waals surface area contributed by atoms with Gasteiger partial charge in [0.05, 0.1) is 11.3 Å². The summed E-state index contributed by atoms with van der Waals surface area (Å²) in [6, 6.07) is 11.2. The number of hydrogen-bond donors (Lipinski definition) is 1. The van der Waals surface area contributed by atoms with Gasteiger partial charge < -0.3 is 4.90 Å². The van der Waals surface area contributed by atoms with E-state index < -0.39 is 27.3 Å². The molecule has 0 aromatic heterocycles. The molecule has 1 atom stereocenters. The van der Waals surface area contributed by atoms with Gasteiger partial charge in [-0.1, -0.05) is 35.9 Å². The Bertz CT molecular complexity index is 1040. The summed E-state index contributed by atoms with van der Waals surface area (Å²) in [6.07, 6.45) is 0.310. The van der Waals surface area contributed by atoms with Crippen LogP contribution in [0.15, 0.2) is 53.4 Å². The molecule has 1 unspecified atom stereocenters. The zero-order valence-electron chi connectivity index (χ0n) is 15.0. The molecule has 1 heterocycles. The van der Waals surface area contributed by atoms with Gasteiger partial charge in [0.15, 0.2) is 0 Å². The van der Waals surface area contributed by atoms with Gasteiger partial charge in [-0.2, -0.15) is 0 Å². The van der Waals surface area contributed by atoms with Crippen LogP contribution in [-0.2, 0) is 26.0 Å². The summed E-state index contributed by atoms with van der Waals surface area (Å²) in [5.41, 5.74) is -0.685. The second kappa shape index (κ2) is 7.52. The average Bonchev–Trinajstić information content (AvgIpc) is 2.61. The number of sulfonamides is 1. The minimum Gasteiger partial charge on any atom is -0.328 e. The predicted octanol–water partition coefficient (Wildman–Crippen LogP) is 2.52. The molecular formula is C19H18ClFN2O4S. The maximum atomic E-state index is 13.3. The number of likely N-dealkylation sites (tertiary alicyclic amines) is 1. The first kappa shape index (κ1) is 20.3. The second-order valence-electron chi connectivity index (χ2n) is 6.73. The van der Waals surface area contributed by atoms with Gasteiger partial charge in [0, 0.05) is 11.6 Å². The number of nitrogens with zero attached hydrogens (tertiary/aromatic N) is 1. The monoisotopic (exact) mass is 424 g/mol. The fourth-order valence-corrected chi connectivity index (χ4v) is 4.33. The third-order valence-electron chi connectivity index (χ3n) is 4.84. The van der Waals surface area contributed by atoms with Crippen LogP contribution >= 0.6 is 11.6 Å². The summed E-state index contributed by atoms with van der Waals surface area (Å²) in [5.74, 6) is -1.91. The number of halogens is 2. The maximum Gasteiger partial charge on any atom is 0.264 e. The molecule has 3 rings (SSSR count). The lowest BCUT2D eigenvalue weighted by atomic mass is 9.85. The highest BCUT2D eigenvalue weighted by Crippen LogP contribution is 2.32. The first-order valence-corrected chi connectivity index (χ1v) is 10.4. The smallest absolute Gasteiger partial charge is 0.264 e. The fourth-order valence-electron chi connectivity index (χ4n) is 3.02. The molecule has 148 valence electrons. The minimum absolute atomic E-state index is 0.000804. The highest BCUT2D eigenvalue weighted by Gasteiger charge is 2.50. The Kier molecular flexibility index (Phi) is 5.45. The van der Waals surface area contributed by atoms with Gasteiger partial charge in [0.25, 0.3) is 15.9 Å². The average molecular weight is 425 g/mol. The van der Waals surface area contributed by atoms with E-state index in [0.29, 0.717) is 23.6 Å². The second-order valence-corrected chi connectivity index (χ2v) is 8.82. The van der Waals surface area contributed by atoms with Crippen molar-refractivity contribution >= 4 is 33.4 Å². The van der Waals surface area contributed by atoms with E-state index in [4.69, 9.17) is 11.6 Å². The largest absolute Gasteiger partial charge is 0.328 e. The fraction of sp³-hybridized carbons (Fsp3) is 0.263. The molecule has 0 radical (unpaired) electrons. The van der Waals surface area contributed by atoms with E-state index in [1.165, 1.54) is 24.0 Å². The highest BCUT2D eigenvalue weighted by atomic mass is 35.5. The van der Waals surface area contributed by atoms with Crippen molar-refractivity contribution in [2.45, 2.75) is 30.2 Å². The highest BCUT2D eigenvalue weighted by molar-refractivity contribution is 7.90. The van der Waals surface area contributed by atoms with Crippen molar-refractivity contribution in [3.05, 3.63) is 64.9 Å². The lowest BCUT2D eigenvalue weighted by Gasteiger charge is -2.49. The molecule has 1 saturated heterocycles. The Morgan fingerprint density at radius 2 is 1.93 bits per heavy atom. The van der Waals surface area contributed by atoms with Crippen molar-refractivity contribution in [3.8, 4) is 0 Å². The molecular weight excluding hydrogens is 407 g/mol. The molecule has 1 fully saturated rings. The summed E-state index contributed by atoms with van der Waals surface area (Å²) in [6.45, 7) is 1.82. The van der Waals surface area contributed by atoms with Crippen LogP contribution < -0.4 is 4.72 Å². The third kappa shape index (κ3) is 3.88. The van der Waals surface area contributed by atoms with Crippen LogP contribution in [-0.4, -0.2) is 37.2 Å². The lowest BCUT2D eigenvalue weighted by Crippen LogP contribution is -2.68. The quantitative estimate of drug-likeness (QED) is 0.799. The molecule has 0 aliphatic carbocycles. The molecule has 0 bridgehead atoms.